The van der Waals surface area contributed by atoms with Gasteiger partial charge in [-0.05, 0) is 62.9 Å². The largest absolute Gasteiger partial charge is 0.494 e. The Balaban J connectivity index is 2.50. The molecule has 0 aromatic heterocycles. The van der Waals surface area contributed by atoms with Gasteiger partial charge in [-0.1, -0.05) is 19.9 Å². The van der Waals surface area contributed by atoms with E-state index in [1.807, 2.05) is 13.0 Å². The maximum atomic E-state index is 11.4. The van der Waals surface area contributed by atoms with Gasteiger partial charge in [0.2, 0.25) is 5.91 Å². The fraction of sp³-hybridized carbons (Fsp3) is 0.588. The number of aryl methyl sites for hydroxylation is 1. The molecule has 1 rings (SSSR count). The van der Waals surface area contributed by atoms with Crippen LogP contribution < -0.4 is 15.8 Å². The summed E-state index contributed by atoms with van der Waals surface area (Å²) < 4.78 is 5.76. The molecular weight excluding hydrogens is 264 g/mol. The predicted molar refractivity (Wildman–Crippen MR) is 86.7 cm³/mol. The van der Waals surface area contributed by atoms with Crippen molar-refractivity contribution >= 4 is 5.91 Å². The Morgan fingerprint density at radius 3 is 2.57 bits per heavy atom. The number of benzene rings is 1. The van der Waals surface area contributed by atoms with Crippen LogP contribution >= 0.6 is 0 Å². The molecule has 1 unspecified atom stereocenters. The number of carbonyl (C=O) groups excluding carboxylic acids is 1. The highest BCUT2D eigenvalue weighted by molar-refractivity contribution is 5.84. The quantitative estimate of drug-likeness (QED) is 0.724. The fourth-order valence-electron chi connectivity index (χ4n) is 2.37. The monoisotopic (exact) mass is 292 g/mol. The fourth-order valence-corrected chi connectivity index (χ4v) is 2.37. The average molecular weight is 292 g/mol. The number of hydrogen-bond donors (Lipinski definition) is 2. The molecule has 3 N–H and O–H groups in total. The number of rotatable bonds is 8. The summed E-state index contributed by atoms with van der Waals surface area (Å²) in [4.78, 5) is 11.4. The average Bonchev–Trinajstić information content (AvgIpc) is 2.42. The lowest BCUT2D eigenvalue weighted by Gasteiger charge is -2.25. The smallest absolute Gasteiger partial charge is 0.237 e. The highest BCUT2D eigenvalue weighted by Gasteiger charge is 2.28. The molecule has 0 saturated heterocycles. The maximum absolute atomic E-state index is 11.4. The molecule has 21 heavy (non-hydrogen) atoms. The van der Waals surface area contributed by atoms with Crippen LogP contribution in [0.1, 0.15) is 50.7 Å². The van der Waals surface area contributed by atoms with Crippen LogP contribution in [0.3, 0.4) is 0 Å². The van der Waals surface area contributed by atoms with Gasteiger partial charge in [0, 0.05) is 0 Å². The van der Waals surface area contributed by atoms with Gasteiger partial charge in [0.15, 0.2) is 0 Å². The van der Waals surface area contributed by atoms with E-state index in [1.54, 1.807) is 7.05 Å². The zero-order valence-corrected chi connectivity index (χ0v) is 13.8. The Morgan fingerprint density at radius 1 is 1.43 bits per heavy atom. The molecule has 4 heteroatoms. The molecule has 0 aliphatic rings. The van der Waals surface area contributed by atoms with E-state index >= 15 is 0 Å². The zero-order valence-electron chi connectivity index (χ0n) is 13.8. The molecular formula is C17H28N2O2. The molecule has 0 fully saturated rings. The van der Waals surface area contributed by atoms with E-state index in [0.29, 0.717) is 18.9 Å². The van der Waals surface area contributed by atoms with E-state index in [9.17, 15) is 4.79 Å². The SMILES string of the molecule is CNC(C)(CCCOc1ccc(C(C)C)c(C)c1)C(N)=O. The summed E-state index contributed by atoms with van der Waals surface area (Å²) in [6.07, 6.45) is 1.42. The minimum absolute atomic E-state index is 0.331. The summed E-state index contributed by atoms with van der Waals surface area (Å²) in [5, 5.41) is 2.98. The molecule has 0 bridgehead atoms. The van der Waals surface area contributed by atoms with Crippen molar-refractivity contribution in [1.82, 2.24) is 5.32 Å². The van der Waals surface area contributed by atoms with Crippen molar-refractivity contribution in [3.8, 4) is 5.75 Å². The van der Waals surface area contributed by atoms with Crippen molar-refractivity contribution in [1.29, 1.82) is 0 Å². The third-order valence-corrected chi connectivity index (χ3v) is 4.05. The molecule has 1 amide bonds. The van der Waals surface area contributed by atoms with Gasteiger partial charge in [-0.15, -0.1) is 0 Å². The summed E-state index contributed by atoms with van der Waals surface area (Å²) in [5.74, 6) is 1.07. The number of nitrogens with one attached hydrogen (secondary N) is 1. The van der Waals surface area contributed by atoms with Crippen molar-refractivity contribution in [3.63, 3.8) is 0 Å². The van der Waals surface area contributed by atoms with E-state index in [4.69, 9.17) is 10.5 Å². The Hall–Kier alpha value is -1.55. The van der Waals surface area contributed by atoms with Crippen LogP contribution in [0.15, 0.2) is 18.2 Å². The van der Waals surface area contributed by atoms with E-state index in [2.05, 4.69) is 38.2 Å². The maximum Gasteiger partial charge on any atom is 0.237 e. The summed E-state index contributed by atoms with van der Waals surface area (Å²) >= 11 is 0. The lowest BCUT2D eigenvalue weighted by Crippen LogP contribution is -2.51. The van der Waals surface area contributed by atoms with Crippen LogP contribution in [-0.4, -0.2) is 25.1 Å². The summed E-state index contributed by atoms with van der Waals surface area (Å²) in [6, 6.07) is 6.20. The molecule has 118 valence electrons. The van der Waals surface area contributed by atoms with Crippen molar-refractivity contribution in [2.24, 2.45) is 5.73 Å². The van der Waals surface area contributed by atoms with Gasteiger partial charge >= 0.3 is 0 Å². The number of hydrogen-bond acceptors (Lipinski definition) is 3. The van der Waals surface area contributed by atoms with Gasteiger partial charge in [-0.3, -0.25) is 4.79 Å². The van der Waals surface area contributed by atoms with Gasteiger partial charge in [-0.25, -0.2) is 0 Å². The van der Waals surface area contributed by atoms with Gasteiger partial charge in [0.1, 0.15) is 5.75 Å². The Morgan fingerprint density at radius 2 is 2.10 bits per heavy atom. The number of amides is 1. The number of ether oxygens (including phenoxy) is 1. The van der Waals surface area contributed by atoms with Crippen molar-refractivity contribution in [3.05, 3.63) is 29.3 Å². The van der Waals surface area contributed by atoms with Crippen LogP contribution in [0.25, 0.3) is 0 Å². The number of primary amides is 1. The van der Waals surface area contributed by atoms with E-state index in [0.717, 1.165) is 12.2 Å². The van der Waals surface area contributed by atoms with Crippen molar-refractivity contribution < 1.29 is 9.53 Å². The molecule has 1 atom stereocenters. The first-order valence-corrected chi connectivity index (χ1v) is 7.52. The lowest BCUT2D eigenvalue weighted by atomic mass is 9.95. The summed E-state index contributed by atoms with van der Waals surface area (Å²) in [6.45, 7) is 8.87. The van der Waals surface area contributed by atoms with Gasteiger partial charge < -0.3 is 15.8 Å². The normalized spacial score (nSPS) is 14.0. The molecule has 1 aromatic carbocycles. The first-order valence-electron chi connectivity index (χ1n) is 7.52. The minimum atomic E-state index is -0.666. The minimum Gasteiger partial charge on any atom is -0.494 e. The molecule has 0 spiro atoms. The van der Waals surface area contributed by atoms with Crippen molar-refractivity contribution in [2.75, 3.05) is 13.7 Å². The van der Waals surface area contributed by atoms with E-state index < -0.39 is 5.54 Å². The Bertz CT molecular complexity index is 486. The lowest BCUT2D eigenvalue weighted by molar-refractivity contribution is -0.123. The van der Waals surface area contributed by atoms with Crippen LogP contribution in [0.5, 0.6) is 5.75 Å². The van der Waals surface area contributed by atoms with Crippen LogP contribution in [0, 0.1) is 6.92 Å². The molecule has 0 heterocycles. The summed E-state index contributed by atoms with van der Waals surface area (Å²) in [5.41, 5.74) is 7.33. The highest BCUT2D eigenvalue weighted by Crippen LogP contribution is 2.23. The van der Waals surface area contributed by atoms with Gasteiger partial charge in [-0.2, -0.15) is 0 Å². The number of carbonyl (C=O) groups is 1. The second kappa shape index (κ2) is 7.46. The van der Waals surface area contributed by atoms with Crippen LogP contribution in [0.4, 0.5) is 0 Å². The van der Waals surface area contributed by atoms with Crippen molar-refractivity contribution in [2.45, 2.75) is 52.0 Å². The molecule has 1 aromatic rings. The van der Waals surface area contributed by atoms with E-state index in [1.165, 1.54) is 11.1 Å². The molecule has 4 nitrogen and oxygen atoms in total. The second-order valence-electron chi connectivity index (χ2n) is 6.07. The molecule has 0 aliphatic carbocycles. The van der Waals surface area contributed by atoms with E-state index in [-0.39, 0.29) is 5.91 Å². The third-order valence-electron chi connectivity index (χ3n) is 4.05. The third kappa shape index (κ3) is 4.74. The number of nitrogens with two attached hydrogens (primary N) is 1. The second-order valence-corrected chi connectivity index (χ2v) is 6.07. The molecule has 0 radical (unpaired) electrons. The number of likely N-dealkylation sites (N-methyl/N-ethyl adjacent to an activating group) is 1. The first-order chi connectivity index (χ1) is 9.80. The predicted octanol–water partition coefficient (Wildman–Crippen LogP) is 2.74. The first kappa shape index (κ1) is 17.5. The van der Waals surface area contributed by atoms with Crippen LogP contribution in [-0.2, 0) is 4.79 Å². The zero-order chi connectivity index (χ0) is 16.0. The Labute approximate surface area is 128 Å². The standard InChI is InChI=1S/C17H28N2O2/c1-12(2)15-8-7-14(11-13(15)3)21-10-6-9-17(4,19-5)16(18)20/h7-8,11-12,19H,6,9-10H2,1-5H3,(H2,18,20). The molecule has 0 aliphatic heterocycles. The highest BCUT2D eigenvalue weighted by atomic mass is 16.5. The van der Waals surface area contributed by atoms with Gasteiger partial charge in [0.25, 0.3) is 0 Å². The Kier molecular flexibility index (Phi) is 6.21. The topological polar surface area (TPSA) is 64.3 Å². The van der Waals surface area contributed by atoms with Gasteiger partial charge in [0.05, 0.1) is 12.1 Å². The van der Waals surface area contributed by atoms with Crippen LogP contribution in [0.2, 0.25) is 0 Å². The summed E-state index contributed by atoms with van der Waals surface area (Å²) in [7, 11) is 1.75. The molecule has 0 saturated carbocycles.